The molecule has 0 aliphatic carbocycles. The number of nitrogens with two attached hydrogens (primary N) is 1. The van der Waals surface area contributed by atoms with Crippen LogP contribution < -0.4 is 10.5 Å². The highest BCUT2D eigenvalue weighted by Gasteiger charge is 2.15. The van der Waals surface area contributed by atoms with Crippen LogP contribution in [0.2, 0.25) is 0 Å². The molecule has 0 radical (unpaired) electrons. The van der Waals surface area contributed by atoms with Crippen molar-refractivity contribution in [2.75, 3.05) is 12.8 Å². The van der Waals surface area contributed by atoms with E-state index >= 15 is 0 Å². The molecule has 0 fully saturated rings. The Morgan fingerprint density at radius 2 is 2.11 bits per heavy atom. The molecule has 2 aromatic rings. The van der Waals surface area contributed by atoms with Crippen molar-refractivity contribution < 1.29 is 14.3 Å². The Morgan fingerprint density at radius 1 is 1.32 bits per heavy atom. The Labute approximate surface area is 118 Å². The standard InChI is InChI=1S/C13H11BrN2O3/c1-18-13(17)8-4-3-7-16-12(8)19-10-6-2-5-9(15)11(10)14/h2-7H,15H2,1H3. The van der Waals surface area contributed by atoms with Gasteiger partial charge in [0.25, 0.3) is 0 Å². The molecular formula is C13H11BrN2O3. The predicted molar refractivity (Wildman–Crippen MR) is 74.2 cm³/mol. The molecule has 2 N–H and O–H groups in total. The molecule has 1 aromatic carbocycles. The van der Waals surface area contributed by atoms with Crippen LogP contribution in [0, 0.1) is 0 Å². The summed E-state index contributed by atoms with van der Waals surface area (Å²) in [6.07, 6.45) is 1.53. The van der Waals surface area contributed by atoms with Crippen LogP contribution in [0.1, 0.15) is 10.4 Å². The lowest BCUT2D eigenvalue weighted by Crippen LogP contribution is -2.05. The highest BCUT2D eigenvalue weighted by atomic mass is 79.9. The normalized spacial score (nSPS) is 10.0. The summed E-state index contributed by atoms with van der Waals surface area (Å²) in [5, 5.41) is 0. The third-order valence-corrected chi connectivity index (χ3v) is 3.22. The maximum Gasteiger partial charge on any atom is 0.343 e. The second-order valence-electron chi connectivity index (χ2n) is 3.61. The number of aromatic nitrogens is 1. The molecule has 6 heteroatoms. The number of methoxy groups -OCH3 is 1. The van der Waals surface area contributed by atoms with Gasteiger partial charge in [-0.25, -0.2) is 9.78 Å². The summed E-state index contributed by atoms with van der Waals surface area (Å²) in [5.41, 5.74) is 6.54. The van der Waals surface area contributed by atoms with Crippen LogP contribution >= 0.6 is 15.9 Å². The third kappa shape index (κ3) is 2.85. The molecule has 0 aliphatic rings. The molecule has 0 saturated heterocycles. The van der Waals surface area contributed by atoms with Crippen molar-refractivity contribution >= 4 is 27.6 Å². The number of benzene rings is 1. The second-order valence-corrected chi connectivity index (χ2v) is 4.40. The van der Waals surface area contributed by atoms with Gasteiger partial charge in [-0.3, -0.25) is 0 Å². The summed E-state index contributed by atoms with van der Waals surface area (Å²) in [4.78, 5) is 15.6. The number of pyridine rings is 1. The lowest BCUT2D eigenvalue weighted by atomic mass is 10.2. The summed E-state index contributed by atoms with van der Waals surface area (Å²) in [6, 6.07) is 8.41. The number of nitrogen functional groups attached to an aromatic ring is 1. The van der Waals surface area contributed by atoms with E-state index in [2.05, 4.69) is 25.7 Å². The fraction of sp³-hybridized carbons (Fsp3) is 0.0769. The van der Waals surface area contributed by atoms with Crippen molar-refractivity contribution in [3.05, 3.63) is 46.6 Å². The molecule has 0 amide bonds. The first-order valence-electron chi connectivity index (χ1n) is 5.38. The Hall–Kier alpha value is -2.08. The van der Waals surface area contributed by atoms with E-state index in [0.717, 1.165) is 0 Å². The summed E-state index contributed by atoms with van der Waals surface area (Å²) >= 11 is 3.32. The van der Waals surface area contributed by atoms with Crippen molar-refractivity contribution in [1.82, 2.24) is 4.98 Å². The van der Waals surface area contributed by atoms with Gasteiger partial charge in [0.15, 0.2) is 0 Å². The number of ether oxygens (including phenoxy) is 2. The van der Waals surface area contributed by atoms with E-state index in [1.165, 1.54) is 13.3 Å². The zero-order valence-electron chi connectivity index (χ0n) is 10.1. The lowest BCUT2D eigenvalue weighted by Gasteiger charge is -2.10. The highest BCUT2D eigenvalue weighted by Crippen LogP contribution is 2.34. The number of carbonyl (C=O) groups excluding carboxylic acids is 1. The number of hydrogen-bond acceptors (Lipinski definition) is 5. The van der Waals surface area contributed by atoms with Gasteiger partial charge in [-0.15, -0.1) is 0 Å². The van der Waals surface area contributed by atoms with Gasteiger partial charge in [0.2, 0.25) is 5.88 Å². The summed E-state index contributed by atoms with van der Waals surface area (Å²) in [5.74, 6) is 0.132. The fourth-order valence-corrected chi connectivity index (χ4v) is 1.79. The molecule has 0 atom stereocenters. The maximum atomic E-state index is 11.6. The average molecular weight is 323 g/mol. The van der Waals surface area contributed by atoms with E-state index in [1.54, 1.807) is 30.3 Å². The molecule has 98 valence electrons. The van der Waals surface area contributed by atoms with E-state index < -0.39 is 5.97 Å². The number of anilines is 1. The Bertz CT molecular complexity index is 617. The molecule has 0 aliphatic heterocycles. The minimum Gasteiger partial charge on any atom is -0.465 e. The number of hydrogen-bond donors (Lipinski definition) is 1. The number of esters is 1. The Kier molecular flexibility index (Phi) is 4.01. The smallest absolute Gasteiger partial charge is 0.343 e. The zero-order chi connectivity index (χ0) is 13.8. The predicted octanol–water partition coefficient (Wildman–Crippen LogP) is 3.01. The topological polar surface area (TPSA) is 74.4 Å². The van der Waals surface area contributed by atoms with Crippen LogP contribution in [0.15, 0.2) is 41.0 Å². The van der Waals surface area contributed by atoms with Gasteiger partial charge in [-0.05, 0) is 40.2 Å². The number of halogens is 1. The highest BCUT2D eigenvalue weighted by molar-refractivity contribution is 9.10. The largest absolute Gasteiger partial charge is 0.465 e. The molecule has 19 heavy (non-hydrogen) atoms. The van der Waals surface area contributed by atoms with Crippen molar-refractivity contribution in [2.45, 2.75) is 0 Å². The number of carbonyl (C=O) groups is 1. The van der Waals surface area contributed by atoms with E-state index in [1.807, 2.05) is 0 Å². The summed E-state index contributed by atoms with van der Waals surface area (Å²) in [7, 11) is 1.30. The molecule has 0 unspecified atom stereocenters. The summed E-state index contributed by atoms with van der Waals surface area (Å²) in [6.45, 7) is 0. The van der Waals surface area contributed by atoms with Crippen LogP contribution in [0.25, 0.3) is 0 Å². The average Bonchev–Trinajstić information content (AvgIpc) is 2.43. The first-order chi connectivity index (χ1) is 9.13. The molecule has 0 saturated carbocycles. The summed E-state index contributed by atoms with van der Waals surface area (Å²) < 4.78 is 10.9. The molecule has 0 spiro atoms. The van der Waals surface area contributed by atoms with Gasteiger partial charge in [-0.2, -0.15) is 0 Å². The monoisotopic (exact) mass is 322 g/mol. The van der Waals surface area contributed by atoms with Crippen molar-refractivity contribution in [2.24, 2.45) is 0 Å². The van der Waals surface area contributed by atoms with Gasteiger partial charge in [0.05, 0.1) is 11.6 Å². The van der Waals surface area contributed by atoms with E-state index in [-0.39, 0.29) is 11.4 Å². The molecule has 2 rings (SSSR count). The van der Waals surface area contributed by atoms with Gasteiger partial charge in [0, 0.05) is 11.9 Å². The van der Waals surface area contributed by atoms with Crippen LogP contribution in [0.5, 0.6) is 11.6 Å². The van der Waals surface area contributed by atoms with E-state index in [4.69, 9.17) is 10.5 Å². The first-order valence-corrected chi connectivity index (χ1v) is 6.18. The lowest BCUT2D eigenvalue weighted by molar-refractivity contribution is 0.0597. The minimum atomic E-state index is -0.511. The molecular weight excluding hydrogens is 312 g/mol. The van der Waals surface area contributed by atoms with Crippen LogP contribution in [0.4, 0.5) is 5.69 Å². The van der Waals surface area contributed by atoms with Crippen LogP contribution in [-0.4, -0.2) is 18.1 Å². The number of rotatable bonds is 3. The molecule has 5 nitrogen and oxygen atoms in total. The van der Waals surface area contributed by atoms with Crippen molar-refractivity contribution in [3.8, 4) is 11.6 Å². The zero-order valence-corrected chi connectivity index (χ0v) is 11.7. The first kappa shape index (κ1) is 13.4. The molecule has 1 heterocycles. The van der Waals surface area contributed by atoms with Crippen molar-refractivity contribution in [1.29, 1.82) is 0 Å². The third-order valence-electron chi connectivity index (χ3n) is 2.38. The second kappa shape index (κ2) is 5.71. The quantitative estimate of drug-likeness (QED) is 0.694. The van der Waals surface area contributed by atoms with Crippen LogP contribution in [-0.2, 0) is 4.74 Å². The van der Waals surface area contributed by atoms with Gasteiger partial charge in [-0.1, -0.05) is 6.07 Å². The molecule has 1 aromatic heterocycles. The van der Waals surface area contributed by atoms with Gasteiger partial charge < -0.3 is 15.2 Å². The Morgan fingerprint density at radius 3 is 2.84 bits per heavy atom. The fourth-order valence-electron chi connectivity index (χ4n) is 1.45. The van der Waals surface area contributed by atoms with Crippen LogP contribution in [0.3, 0.4) is 0 Å². The SMILES string of the molecule is COC(=O)c1cccnc1Oc1cccc(N)c1Br. The van der Waals surface area contributed by atoms with E-state index in [9.17, 15) is 4.79 Å². The van der Waals surface area contributed by atoms with Gasteiger partial charge >= 0.3 is 5.97 Å². The number of nitrogens with zero attached hydrogens (tertiary/aromatic N) is 1. The maximum absolute atomic E-state index is 11.6. The van der Waals surface area contributed by atoms with E-state index in [0.29, 0.717) is 15.9 Å². The van der Waals surface area contributed by atoms with Crippen molar-refractivity contribution in [3.63, 3.8) is 0 Å². The minimum absolute atomic E-state index is 0.167. The molecule has 0 bridgehead atoms. The Balaban J connectivity index is 2.39. The van der Waals surface area contributed by atoms with Gasteiger partial charge in [0.1, 0.15) is 11.3 Å².